The van der Waals surface area contributed by atoms with Crippen LogP contribution < -0.4 is 10.6 Å². The largest absolute Gasteiger partial charge is 0.381 e. The second-order valence-electron chi connectivity index (χ2n) is 9.09. The van der Waals surface area contributed by atoms with Crippen molar-refractivity contribution >= 4 is 28.7 Å². The minimum absolute atomic E-state index is 0.175. The summed E-state index contributed by atoms with van der Waals surface area (Å²) in [7, 11) is 1.80. The maximum atomic E-state index is 14.2. The van der Waals surface area contributed by atoms with Crippen molar-refractivity contribution in [3.63, 3.8) is 0 Å². The third-order valence-electron chi connectivity index (χ3n) is 6.78. The van der Waals surface area contributed by atoms with Gasteiger partial charge in [0.1, 0.15) is 5.82 Å². The number of carbonyl (C=O) groups excluding carboxylic acids is 1. The quantitative estimate of drug-likeness (QED) is 0.575. The number of carbonyl (C=O) groups is 1. The van der Waals surface area contributed by atoms with E-state index in [4.69, 9.17) is 4.74 Å². The summed E-state index contributed by atoms with van der Waals surface area (Å²) in [5.74, 6) is -0.455. The molecule has 1 amide bonds. The van der Waals surface area contributed by atoms with Gasteiger partial charge >= 0.3 is 0 Å². The van der Waals surface area contributed by atoms with Crippen LogP contribution in [0.25, 0.3) is 10.9 Å². The monoisotopic (exact) mass is 476 g/mol. The molecule has 182 valence electrons. The van der Waals surface area contributed by atoms with Crippen LogP contribution in [0.3, 0.4) is 0 Å². The van der Waals surface area contributed by atoms with Gasteiger partial charge in [0.05, 0.1) is 11.2 Å². The fraction of sp³-hybridized carbons (Fsp3) is 0.370. The number of fused-ring (bicyclic) bond motifs is 4. The summed E-state index contributed by atoms with van der Waals surface area (Å²) in [4.78, 5) is 30.1. The Morgan fingerprint density at radius 3 is 2.69 bits per heavy atom. The number of hydrogen-bond donors (Lipinski definition) is 1. The van der Waals surface area contributed by atoms with Crippen molar-refractivity contribution < 1.29 is 13.9 Å². The second kappa shape index (κ2) is 10.00. The van der Waals surface area contributed by atoms with Gasteiger partial charge in [0.25, 0.3) is 11.5 Å². The van der Waals surface area contributed by atoms with E-state index in [1.807, 2.05) is 12.1 Å². The molecule has 6 rings (SSSR count). The molecule has 0 atom stereocenters. The van der Waals surface area contributed by atoms with Crippen LogP contribution in [0.15, 0.2) is 46.3 Å². The topological polar surface area (TPSA) is 78.0 Å². The molecule has 7 nitrogen and oxygen atoms in total. The number of H-pyrrole nitrogens is 1. The van der Waals surface area contributed by atoms with E-state index in [2.05, 4.69) is 10.1 Å². The van der Waals surface area contributed by atoms with Crippen LogP contribution in [0.5, 0.6) is 0 Å². The fourth-order valence-corrected chi connectivity index (χ4v) is 4.91. The second-order valence-corrected chi connectivity index (χ2v) is 9.09. The number of benzene rings is 2. The summed E-state index contributed by atoms with van der Waals surface area (Å²) in [5, 5.41) is 6.79. The number of nitrogens with zero attached hydrogens (tertiary/aromatic N) is 3. The number of halogens is 1. The molecule has 4 heterocycles. The van der Waals surface area contributed by atoms with E-state index in [1.54, 1.807) is 41.4 Å². The molecule has 1 fully saturated rings. The smallest absolute Gasteiger partial charge is 0.254 e. The molecule has 3 aliphatic rings. The number of amides is 1. The number of aromatic nitrogens is 1. The highest BCUT2D eigenvalue weighted by Crippen LogP contribution is 2.30. The van der Waals surface area contributed by atoms with Gasteiger partial charge in [-0.3, -0.25) is 14.6 Å². The maximum Gasteiger partial charge on any atom is 0.254 e. The van der Waals surface area contributed by atoms with Crippen LogP contribution >= 0.6 is 0 Å². The number of ether oxygens (including phenoxy) is 1. The lowest BCUT2D eigenvalue weighted by Gasteiger charge is -2.29. The van der Waals surface area contributed by atoms with Crippen LogP contribution in [-0.2, 0) is 24.1 Å². The molecule has 1 N–H and O–H groups in total. The van der Waals surface area contributed by atoms with Crippen molar-refractivity contribution in [3.05, 3.63) is 74.8 Å². The number of nitrogens with one attached hydrogen (secondary N) is 1. The first-order valence-corrected chi connectivity index (χ1v) is 12.1. The van der Waals surface area contributed by atoms with Gasteiger partial charge in [0.2, 0.25) is 0 Å². The number of hydrogen-bond acceptors (Lipinski definition) is 5. The van der Waals surface area contributed by atoms with Crippen LogP contribution in [0.4, 0.5) is 10.1 Å². The highest BCUT2D eigenvalue weighted by molar-refractivity contribution is 6.01. The predicted octanol–water partition coefficient (Wildman–Crippen LogP) is 4.03. The molecule has 0 radical (unpaired) electrons. The molecule has 2 aromatic carbocycles. The summed E-state index contributed by atoms with van der Waals surface area (Å²) in [5.41, 5.74) is 3.84. The molecule has 1 aromatic heterocycles. The molecule has 0 saturated carbocycles. The Morgan fingerprint density at radius 1 is 1.11 bits per heavy atom. The summed E-state index contributed by atoms with van der Waals surface area (Å²) >= 11 is 0. The number of anilines is 1. The lowest BCUT2D eigenvalue weighted by molar-refractivity contribution is 0.0732. The molecular weight excluding hydrogens is 447 g/mol. The molecule has 0 aliphatic carbocycles. The lowest BCUT2D eigenvalue weighted by atomic mass is 9.98. The molecular formula is C27H29FN4O3. The standard InChI is InChI=1S/C22H19FN4O2.C5H10O/c1-26-20-15-6-5-14(11-19(15)25-21(28)16(20)7-9-24-26)22(29)27-10-8-13-3-2-4-18(23)17(13)12-27;1-2-4-6-5-3-1/h2-6,9,11H,7-8,10,12H2,1H3,(H,25,28);1-5H2. The Kier molecular flexibility index (Phi) is 6.63. The molecule has 35 heavy (non-hydrogen) atoms. The third kappa shape index (κ3) is 4.71. The normalized spacial score (nSPS) is 16.9. The van der Waals surface area contributed by atoms with Crippen molar-refractivity contribution in [2.24, 2.45) is 5.10 Å². The van der Waals surface area contributed by atoms with Crippen molar-refractivity contribution in [2.75, 3.05) is 31.8 Å². The summed E-state index contributed by atoms with van der Waals surface area (Å²) in [6.07, 6.45) is 6.73. The Hall–Kier alpha value is -3.52. The van der Waals surface area contributed by atoms with E-state index in [-0.39, 0.29) is 23.8 Å². The Bertz CT molecular complexity index is 1330. The van der Waals surface area contributed by atoms with Gasteiger partial charge in [0.15, 0.2) is 0 Å². The van der Waals surface area contributed by atoms with Gasteiger partial charge in [-0.1, -0.05) is 12.1 Å². The zero-order valence-electron chi connectivity index (χ0n) is 19.8. The SMILES string of the molecule is C1CCOCC1.CN1N=CCc2c1c1ccc(C(=O)N3CCc4cccc(F)c4C3)cc1[nH]c2=O. The van der Waals surface area contributed by atoms with Crippen LogP contribution in [0, 0.1) is 5.82 Å². The number of pyridine rings is 1. The summed E-state index contributed by atoms with van der Waals surface area (Å²) in [6, 6.07) is 10.3. The molecule has 0 spiro atoms. The minimum atomic E-state index is -0.280. The fourth-order valence-electron chi connectivity index (χ4n) is 4.91. The van der Waals surface area contributed by atoms with Crippen LogP contribution in [-0.4, -0.2) is 48.8 Å². The van der Waals surface area contributed by atoms with Crippen molar-refractivity contribution in [1.29, 1.82) is 0 Å². The average molecular weight is 477 g/mol. The third-order valence-corrected chi connectivity index (χ3v) is 6.78. The molecule has 1 saturated heterocycles. The summed E-state index contributed by atoms with van der Waals surface area (Å²) in [6.45, 7) is 2.78. The van der Waals surface area contributed by atoms with Gasteiger partial charge < -0.3 is 14.6 Å². The zero-order chi connectivity index (χ0) is 24.4. The van der Waals surface area contributed by atoms with Gasteiger partial charge in [0, 0.05) is 68.1 Å². The van der Waals surface area contributed by atoms with E-state index in [9.17, 15) is 14.0 Å². The molecule has 3 aromatic rings. The Morgan fingerprint density at radius 2 is 1.94 bits per heavy atom. The first kappa shape index (κ1) is 23.2. The number of hydrazone groups is 1. The highest BCUT2D eigenvalue weighted by atomic mass is 19.1. The minimum Gasteiger partial charge on any atom is -0.381 e. The van der Waals surface area contributed by atoms with Crippen molar-refractivity contribution in [2.45, 2.75) is 38.6 Å². The molecule has 8 heteroatoms. The first-order chi connectivity index (χ1) is 17.0. The predicted molar refractivity (Wildman–Crippen MR) is 135 cm³/mol. The molecule has 0 bridgehead atoms. The van der Waals surface area contributed by atoms with E-state index < -0.39 is 0 Å². The van der Waals surface area contributed by atoms with E-state index >= 15 is 0 Å². The van der Waals surface area contributed by atoms with Crippen LogP contribution in [0.2, 0.25) is 0 Å². The van der Waals surface area contributed by atoms with E-state index in [1.165, 1.54) is 25.3 Å². The van der Waals surface area contributed by atoms with E-state index in [0.29, 0.717) is 41.6 Å². The Balaban J connectivity index is 0.000000371. The van der Waals surface area contributed by atoms with Crippen LogP contribution in [0.1, 0.15) is 46.3 Å². The average Bonchev–Trinajstić information content (AvgIpc) is 2.90. The van der Waals surface area contributed by atoms with Gasteiger partial charge in [-0.05, 0) is 55.5 Å². The molecule has 0 unspecified atom stereocenters. The number of rotatable bonds is 1. The zero-order valence-corrected chi connectivity index (χ0v) is 19.8. The highest BCUT2D eigenvalue weighted by Gasteiger charge is 2.25. The van der Waals surface area contributed by atoms with Gasteiger partial charge in [-0.15, -0.1) is 0 Å². The van der Waals surface area contributed by atoms with Gasteiger partial charge in [-0.25, -0.2) is 4.39 Å². The summed E-state index contributed by atoms with van der Waals surface area (Å²) < 4.78 is 19.2. The van der Waals surface area contributed by atoms with Crippen molar-refractivity contribution in [3.8, 4) is 0 Å². The van der Waals surface area contributed by atoms with Crippen molar-refractivity contribution in [1.82, 2.24) is 9.88 Å². The van der Waals surface area contributed by atoms with E-state index in [0.717, 1.165) is 29.9 Å². The Labute approximate surface area is 203 Å². The number of aromatic amines is 1. The van der Waals surface area contributed by atoms with Gasteiger partial charge in [-0.2, -0.15) is 5.10 Å². The first-order valence-electron chi connectivity index (χ1n) is 12.1. The lowest BCUT2D eigenvalue weighted by Crippen LogP contribution is -2.36. The maximum absolute atomic E-state index is 14.2. The molecule has 3 aliphatic heterocycles.